The molecule has 8 aromatic rings. The molecule has 0 saturated carbocycles. The number of carbonyl (C=O) groups excluding carboxylic acids is 3. The fourth-order valence-electron chi connectivity index (χ4n) is 7.84. The van der Waals surface area contributed by atoms with Gasteiger partial charge in [-0.25, -0.2) is 41.1 Å². The lowest BCUT2D eigenvalue weighted by molar-refractivity contribution is -0.129. The molecule has 20 heteroatoms. The Kier molecular flexibility index (Phi) is 18.1. The van der Waals surface area contributed by atoms with Gasteiger partial charge in [0.1, 0.15) is 22.7 Å². The van der Waals surface area contributed by atoms with Crippen molar-refractivity contribution in [3.05, 3.63) is 159 Å². The molecule has 6 heterocycles. The number of alkyl halides is 6. The molecule has 0 atom stereocenters. The van der Waals surface area contributed by atoms with Crippen molar-refractivity contribution in [3.8, 4) is 22.5 Å². The molecule has 2 aromatic carbocycles. The number of halogens is 8. The van der Waals surface area contributed by atoms with Crippen LogP contribution in [0.5, 0.6) is 0 Å². The van der Waals surface area contributed by atoms with Gasteiger partial charge in [0.25, 0.3) is 12.9 Å². The maximum Gasteiger partial charge on any atom is 0.337 e. The van der Waals surface area contributed by atoms with Gasteiger partial charge in [-0.1, -0.05) is 47.5 Å². The summed E-state index contributed by atoms with van der Waals surface area (Å²) in [5.41, 5.74) is 7.15. The minimum atomic E-state index is -3.00. The van der Waals surface area contributed by atoms with Gasteiger partial charge in [-0.15, -0.1) is 0 Å². The quantitative estimate of drug-likeness (QED) is 0.0699. The molecule has 75 heavy (non-hydrogen) atoms. The van der Waals surface area contributed by atoms with Crippen molar-refractivity contribution in [2.24, 2.45) is 14.1 Å². The zero-order valence-corrected chi connectivity index (χ0v) is 43.0. The summed E-state index contributed by atoms with van der Waals surface area (Å²) in [5.74, 6) is -3.32. The second-order valence-electron chi connectivity index (χ2n) is 18.5. The lowest BCUT2D eigenvalue weighted by atomic mass is 9.96. The van der Waals surface area contributed by atoms with Crippen molar-refractivity contribution < 1.29 is 50.6 Å². The second-order valence-corrected chi connectivity index (χ2v) is 19.4. The molecule has 0 aliphatic rings. The van der Waals surface area contributed by atoms with E-state index in [0.29, 0.717) is 33.0 Å². The molecule has 392 valence electrons. The summed E-state index contributed by atoms with van der Waals surface area (Å²) in [6, 6.07) is 25.3. The molecule has 3 N–H and O–H groups in total. The fourth-order valence-corrected chi connectivity index (χ4v) is 8.09. The Labute approximate surface area is 437 Å². The van der Waals surface area contributed by atoms with E-state index in [0.717, 1.165) is 70.1 Å². The molecular formula is C55H51Cl2F6N7O5. The summed E-state index contributed by atoms with van der Waals surface area (Å²) in [6.07, 6.45) is -0.750. The van der Waals surface area contributed by atoms with Crippen LogP contribution >= 0.6 is 23.2 Å². The third-order valence-electron chi connectivity index (χ3n) is 12.0. The van der Waals surface area contributed by atoms with E-state index >= 15 is 0 Å². The van der Waals surface area contributed by atoms with Gasteiger partial charge in [0.2, 0.25) is 0 Å². The Bertz CT molecular complexity index is 3390. The number of benzene rings is 2. The monoisotopic (exact) mass is 1070 g/mol. The lowest BCUT2D eigenvalue weighted by Gasteiger charge is -2.13. The van der Waals surface area contributed by atoms with Gasteiger partial charge in [-0.05, 0) is 129 Å². The van der Waals surface area contributed by atoms with Crippen molar-refractivity contribution >= 4 is 74.3 Å². The van der Waals surface area contributed by atoms with Crippen LogP contribution < -0.4 is 5.73 Å². The number of pyridine rings is 4. The number of hydrogen-bond donors (Lipinski definition) is 2. The number of nitrogens with zero attached hydrogens (tertiary/aromatic N) is 6. The van der Waals surface area contributed by atoms with Gasteiger partial charge in [-0.3, -0.25) is 24.4 Å². The Balaban J connectivity index is 0.000000202. The first-order valence-electron chi connectivity index (χ1n) is 23.1. The minimum absolute atomic E-state index is 0.0446. The maximum absolute atomic E-state index is 13.8. The highest BCUT2D eigenvalue weighted by molar-refractivity contribution is 6.31. The largest absolute Gasteiger partial charge is 0.478 e. The Morgan fingerprint density at radius 2 is 0.987 bits per heavy atom. The van der Waals surface area contributed by atoms with Crippen LogP contribution in [0.3, 0.4) is 0 Å². The molecule has 12 nitrogen and oxygen atoms in total. The molecule has 0 aliphatic carbocycles. The van der Waals surface area contributed by atoms with Crippen LogP contribution in [0.1, 0.15) is 102 Å². The summed E-state index contributed by atoms with van der Waals surface area (Å²) in [4.78, 5) is 63.3. The predicted molar refractivity (Wildman–Crippen MR) is 277 cm³/mol. The summed E-state index contributed by atoms with van der Waals surface area (Å²) < 4.78 is 83.5. The average Bonchev–Trinajstić information content (AvgIpc) is 3.86. The van der Waals surface area contributed by atoms with E-state index in [1.165, 1.54) is 26.1 Å². The number of hydrogen-bond acceptors (Lipinski definition) is 9. The molecule has 0 unspecified atom stereocenters. The number of aromatic nitrogens is 6. The summed E-state index contributed by atoms with van der Waals surface area (Å²) >= 11 is 11.9. The van der Waals surface area contributed by atoms with Crippen LogP contribution in [0, 0.1) is 0 Å². The number of Topliss-reactive ketones (excluding diaryl/α,β-unsaturated/α-hetero) is 3. The van der Waals surface area contributed by atoms with E-state index in [1.807, 2.05) is 67.2 Å². The van der Waals surface area contributed by atoms with E-state index in [-0.39, 0.29) is 37.7 Å². The third-order valence-corrected chi connectivity index (χ3v) is 12.5. The molecule has 6 aromatic heterocycles. The van der Waals surface area contributed by atoms with Crippen molar-refractivity contribution in [3.63, 3.8) is 0 Å². The van der Waals surface area contributed by atoms with Gasteiger partial charge in [0, 0.05) is 78.3 Å². The Hall–Kier alpha value is -7.44. The highest BCUT2D eigenvalue weighted by Gasteiger charge is 2.28. The first-order chi connectivity index (χ1) is 35.2. The molecule has 0 amide bonds. The van der Waals surface area contributed by atoms with Crippen molar-refractivity contribution in [2.45, 2.75) is 84.0 Å². The smallest absolute Gasteiger partial charge is 0.337 e. The summed E-state index contributed by atoms with van der Waals surface area (Å²) in [6.45, 7) is 4.57. The van der Waals surface area contributed by atoms with Gasteiger partial charge >= 0.3 is 5.97 Å². The zero-order valence-electron chi connectivity index (χ0n) is 41.4. The topological polar surface area (TPSA) is 176 Å². The first kappa shape index (κ1) is 56.8. The number of aryl methyl sites for hydroxylation is 4. The van der Waals surface area contributed by atoms with Gasteiger partial charge in [-0.2, -0.15) is 0 Å². The Morgan fingerprint density at radius 1 is 0.587 bits per heavy atom. The zero-order chi connectivity index (χ0) is 55.1. The number of ketones is 3. The third kappa shape index (κ3) is 14.4. The molecule has 0 fully saturated rings. The van der Waals surface area contributed by atoms with E-state index in [1.54, 1.807) is 30.6 Å². The molecule has 0 saturated heterocycles. The number of carboxylic acids is 1. The van der Waals surface area contributed by atoms with Gasteiger partial charge in [0.05, 0.1) is 28.8 Å². The normalized spacial score (nSPS) is 11.6. The first-order valence-corrected chi connectivity index (χ1v) is 23.9. The van der Waals surface area contributed by atoms with Crippen LogP contribution in [0.25, 0.3) is 44.6 Å². The summed E-state index contributed by atoms with van der Waals surface area (Å²) in [5, 5.41) is 12.0. The van der Waals surface area contributed by atoms with Crippen LogP contribution in [0.2, 0.25) is 10.0 Å². The van der Waals surface area contributed by atoms with E-state index < -0.39 is 64.5 Å². The predicted octanol–water partition coefficient (Wildman–Crippen LogP) is 13.3. The van der Waals surface area contributed by atoms with E-state index in [9.17, 15) is 45.5 Å². The molecule has 8 rings (SSSR count). The lowest BCUT2D eigenvalue weighted by Crippen LogP contribution is -2.26. The molecule has 0 radical (unpaired) electrons. The highest BCUT2D eigenvalue weighted by atomic mass is 35.5. The number of nitrogen functional groups attached to an aromatic ring is 1. The molecule has 0 spiro atoms. The number of rotatable bonds is 16. The van der Waals surface area contributed by atoms with Gasteiger partial charge < -0.3 is 20.0 Å². The number of carbonyl (C=O) groups is 4. The van der Waals surface area contributed by atoms with Crippen molar-refractivity contribution in [2.75, 3.05) is 5.73 Å². The van der Waals surface area contributed by atoms with Crippen LogP contribution in [-0.4, -0.2) is 68.8 Å². The average molecular weight is 1070 g/mol. The standard InChI is InChI=1S/C28H25ClF3N3O2.C14H12ClN3.C13H14F3NO3/c1-28(2,32)24(37)9-4-16-11-21(25(26(30)31)33-14-16)23(36)12-17-10-19-13-22(35(3)27(19)34-15-17)18-5-7-20(29)8-6-18;1-18-13(9-2-4-11(15)5-3-9)7-10-6-12(16)8-17-14(10)18;1-13(2,16)9(18)4-3-7-5-8(12(19)20)10(11(14)15)17-6-7/h5-8,10-11,13-15,26H,4,9,12H2,1-3H3;2-8H,16H2,1H3;5-6,11H,3-4H2,1-2H3,(H,19,20). The maximum atomic E-state index is 13.8. The van der Waals surface area contributed by atoms with Crippen molar-refractivity contribution in [1.29, 1.82) is 0 Å². The van der Waals surface area contributed by atoms with E-state index in [4.69, 9.17) is 34.0 Å². The SMILES string of the molecule is CC(C)(F)C(=O)CCc1cnc(C(F)F)c(C(=O)O)c1.Cn1c(-c2ccc(Cl)cc2)cc2cc(CC(=O)c3cc(CCC(=O)C(C)(C)F)cnc3C(F)F)cnc21.Cn1c(-c2ccc(Cl)cc2)cc2cc(N)cnc21. The number of anilines is 1. The Morgan fingerprint density at radius 3 is 1.41 bits per heavy atom. The molecule has 0 bridgehead atoms. The van der Waals surface area contributed by atoms with Crippen LogP contribution in [0.15, 0.2) is 110 Å². The molecular weight excluding hydrogens is 1020 g/mol. The van der Waals surface area contributed by atoms with Crippen LogP contribution in [-0.2, 0) is 42.9 Å². The summed E-state index contributed by atoms with van der Waals surface area (Å²) in [7, 11) is 3.88. The number of nitrogens with two attached hydrogens (primary N) is 1. The fraction of sp³-hybridized carbons (Fsp3) is 0.273. The highest BCUT2D eigenvalue weighted by Crippen LogP contribution is 2.31. The number of aromatic carboxylic acids is 1. The minimum Gasteiger partial charge on any atom is -0.478 e. The second kappa shape index (κ2) is 23.8. The van der Waals surface area contributed by atoms with Crippen molar-refractivity contribution in [1.82, 2.24) is 29.1 Å². The number of fused-ring (bicyclic) bond motifs is 2. The number of carboxylic acid groups (broad SMARTS) is 1. The molecule has 0 aliphatic heterocycles. The van der Waals surface area contributed by atoms with Crippen LogP contribution in [0.4, 0.5) is 32.0 Å². The van der Waals surface area contributed by atoms with Gasteiger partial charge in [0.15, 0.2) is 28.7 Å². The van der Waals surface area contributed by atoms with E-state index in [2.05, 4.69) is 30.6 Å².